The van der Waals surface area contributed by atoms with Gasteiger partial charge in [-0.3, -0.25) is 9.59 Å². The molecule has 1 rings (SSSR count). The van der Waals surface area contributed by atoms with Crippen LogP contribution in [0, 0.1) is 11.3 Å². The number of hydrogen-bond donors (Lipinski definition) is 3. The molecule has 0 saturated carbocycles. The van der Waals surface area contributed by atoms with E-state index in [-0.39, 0.29) is 30.7 Å². The van der Waals surface area contributed by atoms with Gasteiger partial charge in [0.25, 0.3) is 0 Å². The predicted molar refractivity (Wildman–Crippen MR) is 72.7 cm³/mol. The molecule has 3 N–H and O–H groups in total. The van der Waals surface area contributed by atoms with Crippen molar-refractivity contribution in [3.63, 3.8) is 0 Å². The molecular weight excluding hydrogens is 258 g/mol. The third kappa shape index (κ3) is 4.46. The minimum atomic E-state index is -0.646. The molecule has 0 aliphatic carbocycles. The van der Waals surface area contributed by atoms with Crippen LogP contribution in [0.3, 0.4) is 0 Å². The minimum absolute atomic E-state index is 0.0763. The molecule has 104 valence electrons. The van der Waals surface area contributed by atoms with Crippen LogP contribution in [0.15, 0.2) is 36.9 Å². The van der Waals surface area contributed by atoms with Crippen LogP contribution >= 0.6 is 0 Å². The second kappa shape index (κ2) is 7.59. The maximum absolute atomic E-state index is 12.0. The molecule has 0 aromatic heterocycles. The Bertz CT molecular complexity index is 532. The minimum Gasteiger partial charge on any atom is -0.508 e. The topological polar surface area (TPSA) is 102 Å². The standard InChI is InChI=1S/C14H15N3O3/c1-2-13(19)17-9-12(14(20)16-8-7-15)10-3-5-11(18)6-4-10/h2-6,12,18H,1,8-9H2,(H,16,20)(H,17,19). The third-order valence-electron chi connectivity index (χ3n) is 2.62. The van der Waals surface area contributed by atoms with Gasteiger partial charge in [-0.1, -0.05) is 18.7 Å². The number of nitrogens with one attached hydrogen (secondary N) is 2. The molecule has 1 unspecified atom stereocenters. The highest BCUT2D eigenvalue weighted by atomic mass is 16.3. The largest absolute Gasteiger partial charge is 0.508 e. The lowest BCUT2D eigenvalue weighted by atomic mass is 9.98. The van der Waals surface area contributed by atoms with Crippen molar-refractivity contribution in [2.24, 2.45) is 0 Å². The summed E-state index contributed by atoms with van der Waals surface area (Å²) in [4.78, 5) is 23.2. The van der Waals surface area contributed by atoms with E-state index in [9.17, 15) is 14.7 Å². The first kappa shape index (κ1) is 15.2. The third-order valence-corrected chi connectivity index (χ3v) is 2.62. The molecule has 0 radical (unpaired) electrons. The fourth-order valence-corrected chi connectivity index (χ4v) is 1.59. The highest BCUT2D eigenvalue weighted by Crippen LogP contribution is 2.18. The van der Waals surface area contributed by atoms with Crippen LogP contribution in [-0.2, 0) is 9.59 Å². The van der Waals surface area contributed by atoms with Gasteiger partial charge in [0.1, 0.15) is 12.3 Å². The Morgan fingerprint density at radius 1 is 1.35 bits per heavy atom. The van der Waals surface area contributed by atoms with E-state index in [1.165, 1.54) is 12.1 Å². The average molecular weight is 273 g/mol. The number of phenolic OH excluding ortho intramolecular Hbond substituents is 1. The number of benzene rings is 1. The fraction of sp³-hybridized carbons (Fsp3) is 0.214. The molecule has 1 atom stereocenters. The molecule has 0 aliphatic heterocycles. The number of carbonyl (C=O) groups excluding carboxylic acids is 2. The van der Waals surface area contributed by atoms with Crippen LogP contribution < -0.4 is 10.6 Å². The zero-order chi connectivity index (χ0) is 15.0. The number of amides is 2. The van der Waals surface area contributed by atoms with Gasteiger partial charge in [-0.25, -0.2) is 0 Å². The van der Waals surface area contributed by atoms with Crippen molar-refractivity contribution < 1.29 is 14.7 Å². The fourth-order valence-electron chi connectivity index (χ4n) is 1.59. The van der Waals surface area contributed by atoms with E-state index < -0.39 is 5.92 Å². The van der Waals surface area contributed by atoms with Crippen molar-refractivity contribution in [1.82, 2.24) is 10.6 Å². The summed E-state index contributed by atoms with van der Waals surface area (Å²) >= 11 is 0. The van der Waals surface area contributed by atoms with Crippen LogP contribution in [0.4, 0.5) is 0 Å². The van der Waals surface area contributed by atoms with Gasteiger partial charge < -0.3 is 15.7 Å². The van der Waals surface area contributed by atoms with Gasteiger partial charge in [-0.2, -0.15) is 5.26 Å². The summed E-state index contributed by atoms with van der Waals surface area (Å²) in [7, 11) is 0. The van der Waals surface area contributed by atoms with Crippen LogP contribution in [-0.4, -0.2) is 30.0 Å². The Labute approximate surface area is 116 Å². The van der Waals surface area contributed by atoms with Gasteiger partial charge in [0.15, 0.2) is 0 Å². The molecule has 6 nitrogen and oxygen atoms in total. The van der Waals surface area contributed by atoms with Gasteiger partial charge >= 0.3 is 0 Å². The molecule has 0 bridgehead atoms. The van der Waals surface area contributed by atoms with E-state index in [2.05, 4.69) is 17.2 Å². The zero-order valence-electron chi connectivity index (χ0n) is 10.8. The summed E-state index contributed by atoms with van der Waals surface area (Å²) in [6.07, 6.45) is 1.11. The van der Waals surface area contributed by atoms with Crippen molar-refractivity contribution in [2.75, 3.05) is 13.1 Å². The Hall–Kier alpha value is -2.81. The lowest BCUT2D eigenvalue weighted by molar-refractivity contribution is -0.122. The summed E-state index contributed by atoms with van der Waals surface area (Å²) in [6.45, 7) is 3.30. The summed E-state index contributed by atoms with van der Waals surface area (Å²) < 4.78 is 0. The van der Waals surface area contributed by atoms with E-state index in [4.69, 9.17) is 5.26 Å². The first-order valence-electron chi connectivity index (χ1n) is 5.92. The maximum Gasteiger partial charge on any atom is 0.243 e. The van der Waals surface area contributed by atoms with Crippen molar-refractivity contribution >= 4 is 11.8 Å². The number of aromatic hydroxyl groups is 1. The smallest absolute Gasteiger partial charge is 0.243 e. The summed E-state index contributed by atoms with van der Waals surface area (Å²) in [6, 6.07) is 7.90. The molecular formula is C14H15N3O3. The van der Waals surface area contributed by atoms with Gasteiger partial charge in [0.2, 0.25) is 11.8 Å². The number of phenols is 1. The Morgan fingerprint density at radius 3 is 2.55 bits per heavy atom. The van der Waals surface area contributed by atoms with Gasteiger partial charge in [0.05, 0.1) is 12.0 Å². The summed E-state index contributed by atoms with van der Waals surface area (Å²) in [5.41, 5.74) is 0.627. The van der Waals surface area contributed by atoms with Crippen molar-refractivity contribution in [1.29, 1.82) is 5.26 Å². The zero-order valence-corrected chi connectivity index (χ0v) is 10.8. The van der Waals surface area contributed by atoms with E-state index in [0.29, 0.717) is 5.56 Å². The van der Waals surface area contributed by atoms with Crippen LogP contribution in [0.2, 0.25) is 0 Å². The number of nitrogens with zero attached hydrogens (tertiary/aromatic N) is 1. The van der Waals surface area contributed by atoms with Crippen LogP contribution in [0.1, 0.15) is 11.5 Å². The van der Waals surface area contributed by atoms with Crippen molar-refractivity contribution in [3.05, 3.63) is 42.5 Å². The number of carbonyl (C=O) groups is 2. The van der Waals surface area contributed by atoms with Crippen molar-refractivity contribution in [3.8, 4) is 11.8 Å². The molecule has 1 aromatic carbocycles. The monoisotopic (exact) mass is 273 g/mol. The highest BCUT2D eigenvalue weighted by Gasteiger charge is 2.20. The molecule has 0 heterocycles. The van der Waals surface area contributed by atoms with Crippen LogP contribution in [0.25, 0.3) is 0 Å². The second-order valence-electron chi connectivity index (χ2n) is 3.97. The molecule has 0 aliphatic rings. The van der Waals surface area contributed by atoms with Gasteiger partial charge in [-0.05, 0) is 23.8 Å². The lowest BCUT2D eigenvalue weighted by Gasteiger charge is -2.16. The molecule has 6 heteroatoms. The van der Waals surface area contributed by atoms with Crippen molar-refractivity contribution in [2.45, 2.75) is 5.92 Å². The van der Waals surface area contributed by atoms with Crippen LogP contribution in [0.5, 0.6) is 5.75 Å². The first-order chi connectivity index (χ1) is 9.58. The Morgan fingerprint density at radius 2 is 2.00 bits per heavy atom. The van der Waals surface area contributed by atoms with E-state index in [1.54, 1.807) is 12.1 Å². The molecule has 0 fully saturated rings. The Balaban J connectivity index is 2.85. The van der Waals surface area contributed by atoms with Gasteiger partial charge in [-0.15, -0.1) is 0 Å². The number of hydrogen-bond acceptors (Lipinski definition) is 4. The normalized spacial score (nSPS) is 10.9. The lowest BCUT2D eigenvalue weighted by Crippen LogP contribution is -2.37. The quantitative estimate of drug-likeness (QED) is 0.516. The van der Waals surface area contributed by atoms with E-state index in [1.807, 2.05) is 6.07 Å². The van der Waals surface area contributed by atoms with E-state index >= 15 is 0 Å². The van der Waals surface area contributed by atoms with Gasteiger partial charge in [0, 0.05) is 6.54 Å². The molecule has 2 amide bonds. The summed E-state index contributed by atoms with van der Waals surface area (Å²) in [5.74, 6) is -1.32. The first-order valence-corrected chi connectivity index (χ1v) is 5.92. The predicted octanol–water partition coefficient (Wildman–Crippen LogP) is 0.418. The maximum atomic E-state index is 12.0. The summed E-state index contributed by atoms with van der Waals surface area (Å²) in [5, 5.41) is 22.7. The number of nitriles is 1. The molecule has 1 aromatic rings. The highest BCUT2D eigenvalue weighted by molar-refractivity contribution is 5.88. The number of rotatable bonds is 6. The second-order valence-corrected chi connectivity index (χ2v) is 3.97. The SMILES string of the molecule is C=CC(=O)NCC(C(=O)NCC#N)c1ccc(O)cc1. The average Bonchev–Trinajstić information content (AvgIpc) is 2.46. The Kier molecular flexibility index (Phi) is 5.78. The molecule has 20 heavy (non-hydrogen) atoms. The van der Waals surface area contributed by atoms with E-state index in [0.717, 1.165) is 6.08 Å². The molecule has 0 saturated heterocycles. The molecule has 0 spiro atoms.